The predicted octanol–water partition coefficient (Wildman–Crippen LogP) is 1.43. The van der Waals surface area contributed by atoms with Crippen molar-refractivity contribution in [2.75, 3.05) is 27.2 Å². The second kappa shape index (κ2) is 8.54. The van der Waals surface area contributed by atoms with E-state index >= 15 is 0 Å². The SMILES string of the molecule is CNCCN(C)C(=O)C(NC(=O)c1cccc(C)c1)C(C)C. The summed E-state index contributed by atoms with van der Waals surface area (Å²) in [5, 5.41) is 5.88. The summed E-state index contributed by atoms with van der Waals surface area (Å²) < 4.78 is 0. The highest BCUT2D eigenvalue weighted by molar-refractivity contribution is 5.97. The Kier molecular flexibility index (Phi) is 7.05. The molecule has 0 aliphatic rings. The number of nitrogens with zero attached hydrogens (tertiary/aromatic N) is 1. The number of carbonyl (C=O) groups excluding carboxylic acids is 2. The first-order valence-corrected chi connectivity index (χ1v) is 7.64. The van der Waals surface area contributed by atoms with Gasteiger partial charge < -0.3 is 15.5 Å². The molecule has 0 saturated carbocycles. The molecule has 0 heterocycles. The highest BCUT2D eigenvalue weighted by Crippen LogP contribution is 2.09. The topological polar surface area (TPSA) is 61.4 Å². The molecule has 0 aliphatic heterocycles. The second-order valence-electron chi connectivity index (χ2n) is 5.93. The predicted molar refractivity (Wildman–Crippen MR) is 88.8 cm³/mol. The fourth-order valence-corrected chi connectivity index (χ4v) is 2.15. The molecule has 2 amide bonds. The first-order chi connectivity index (χ1) is 10.4. The van der Waals surface area contributed by atoms with Crippen molar-refractivity contribution in [3.05, 3.63) is 35.4 Å². The summed E-state index contributed by atoms with van der Waals surface area (Å²) in [7, 11) is 3.60. The van der Waals surface area contributed by atoms with E-state index in [0.29, 0.717) is 12.1 Å². The van der Waals surface area contributed by atoms with Crippen LogP contribution in [0.1, 0.15) is 29.8 Å². The molecule has 0 fully saturated rings. The Hall–Kier alpha value is -1.88. The molecule has 5 nitrogen and oxygen atoms in total. The Morgan fingerprint density at radius 2 is 1.95 bits per heavy atom. The summed E-state index contributed by atoms with van der Waals surface area (Å²) in [6, 6.07) is 6.84. The van der Waals surface area contributed by atoms with E-state index in [2.05, 4.69) is 10.6 Å². The van der Waals surface area contributed by atoms with Gasteiger partial charge in [-0.2, -0.15) is 0 Å². The average molecular weight is 305 g/mol. The van der Waals surface area contributed by atoms with Gasteiger partial charge in [-0.3, -0.25) is 9.59 Å². The van der Waals surface area contributed by atoms with Gasteiger partial charge in [-0.15, -0.1) is 0 Å². The number of hydrogen-bond donors (Lipinski definition) is 2. The van der Waals surface area contributed by atoms with Gasteiger partial charge >= 0.3 is 0 Å². The second-order valence-corrected chi connectivity index (χ2v) is 5.93. The Balaban J connectivity index is 2.79. The maximum Gasteiger partial charge on any atom is 0.251 e. The molecule has 0 saturated heterocycles. The zero-order valence-electron chi connectivity index (χ0n) is 14.1. The highest BCUT2D eigenvalue weighted by atomic mass is 16.2. The number of nitrogens with one attached hydrogen (secondary N) is 2. The maximum absolute atomic E-state index is 12.5. The van der Waals surface area contributed by atoms with Crippen LogP contribution >= 0.6 is 0 Å². The highest BCUT2D eigenvalue weighted by Gasteiger charge is 2.27. The lowest BCUT2D eigenvalue weighted by Gasteiger charge is -2.27. The monoisotopic (exact) mass is 305 g/mol. The van der Waals surface area contributed by atoms with Gasteiger partial charge in [0.25, 0.3) is 5.91 Å². The fraction of sp³-hybridized carbons (Fsp3) is 0.529. The summed E-state index contributed by atoms with van der Waals surface area (Å²) in [6.07, 6.45) is 0. The molecular formula is C17H27N3O2. The third-order valence-electron chi connectivity index (χ3n) is 3.57. The molecule has 0 aliphatic carbocycles. The Morgan fingerprint density at radius 1 is 1.27 bits per heavy atom. The third kappa shape index (κ3) is 5.15. The summed E-state index contributed by atoms with van der Waals surface area (Å²) in [5.74, 6) is -0.248. The normalized spacial score (nSPS) is 12.1. The number of amides is 2. The number of benzene rings is 1. The molecule has 0 radical (unpaired) electrons. The first-order valence-electron chi connectivity index (χ1n) is 7.64. The van der Waals surface area contributed by atoms with Gasteiger partial charge in [0.2, 0.25) is 5.91 Å². The van der Waals surface area contributed by atoms with E-state index in [9.17, 15) is 9.59 Å². The maximum atomic E-state index is 12.5. The molecule has 122 valence electrons. The van der Waals surface area contributed by atoms with E-state index in [1.165, 1.54) is 0 Å². The zero-order chi connectivity index (χ0) is 16.7. The third-order valence-corrected chi connectivity index (χ3v) is 3.57. The van der Waals surface area contributed by atoms with Crippen molar-refractivity contribution in [2.45, 2.75) is 26.8 Å². The van der Waals surface area contributed by atoms with Crippen LogP contribution in [-0.2, 0) is 4.79 Å². The van der Waals surface area contributed by atoms with Crippen LogP contribution in [0.5, 0.6) is 0 Å². The van der Waals surface area contributed by atoms with Crippen LogP contribution in [0.15, 0.2) is 24.3 Å². The van der Waals surface area contributed by atoms with E-state index in [0.717, 1.165) is 12.1 Å². The summed E-state index contributed by atoms with van der Waals surface area (Å²) in [5.41, 5.74) is 1.60. The first kappa shape index (κ1) is 18.2. The number of likely N-dealkylation sites (N-methyl/N-ethyl adjacent to an activating group) is 2. The van der Waals surface area contributed by atoms with E-state index < -0.39 is 6.04 Å². The van der Waals surface area contributed by atoms with Crippen molar-refractivity contribution in [2.24, 2.45) is 5.92 Å². The molecule has 2 N–H and O–H groups in total. The average Bonchev–Trinajstić information content (AvgIpc) is 2.48. The van der Waals surface area contributed by atoms with Gasteiger partial charge in [0, 0.05) is 25.7 Å². The lowest BCUT2D eigenvalue weighted by Crippen LogP contribution is -2.51. The van der Waals surface area contributed by atoms with Gasteiger partial charge in [-0.05, 0) is 32.0 Å². The molecule has 1 aromatic rings. The quantitative estimate of drug-likeness (QED) is 0.801. The Labute approximate surface area is 133 Å². The lowest BCUT2D eigenvalue weighted by molar-refractivity contribution is -0.132. The van der Waals surface area contributed by atoms with Gasteiger partial charge in [-0.25, -0.2) is 0 Å². The van der Waals surface area contributed by atoms with Gasteiger partial charge in [0.15, 0.2) is 0 Å². The zero-order valence-corrected chi connectivity index (χ0v) is 14.1. The number of carbonyl (C=O) groups is 2. The largest absolute Gasteiger partial charge is 0.343 e. The molecule has 1 unspecified atom stereocenters. The standard InChI is InChI=1S/C17H27N3O2/c1-12(2)15(17(22)20(5)10-9-18-4)19-16(21)14-8-6-7-13(3)11-14/h6-8,11-12,15,18H,9-10H2,1-5H3,(H,19,21). The molecule has 1 aromatic carbocycles. The number of rotatable bonds is 7. The van der Waals surface area contributed by atoms with E-state index in [-0.39, 0.29) is 17.7 Å². The van der Waals surface area contributed by atoms with E-state index in [4.69, 9.17) is 0 Å². The van der Waals surface area contributed by atoms with Gasteiger partial charge in [-0.1, -0.05) is 31.5 Å². The molecule has 0 bridgehead atoms. The molecule has 22 heavy (non-hydrogen) atoms. The van der Waals surface area contributed by atoms with Crippen LogP contribution in [0.2, 0.25) is 0 Å². The minimum absolute atomic E-state index is 0.0262. The molecule has 5 heteroatoms. The van der Waals surface area contributed by atoms with Crippen molar-refractivity contribution in [3.63, 3.8) is 0 Å². The summed E-state index contributed by atoms with van der Waals surface area (Å²) in [4.78, 5) is 26.5. The Bertz CT molecular complexity index is 514. The summed E-state index contributed by atoms with van der Waals surface area (Å²) >= 11 is 0. The molecule has 0 spiro atoms. The smallest absolute Gasteiger partial charge is 0.251 e. The van der Waals surface area contributed by atoms with Crippen molar-refractivity contribution in [1.82, 2.24) is 15.5 Å². The van der Waals surface area contributed by atoms with Crippen LogP contribution in [-0.4, -0.2) is 49.9 Å². The van der Waals surface area contributed by atoms with Gasteiger partial charge in [0.05, 0.1) is 0 Å². The van der Waals surface area contributed by atoms with E-state index in [1.807, 2.05) is 46.0 Å². The van der Waals surface area contributed by atoms with Crippen molar-refractivity contribution < 1.29 is 9.59 Å². The molecule has 0 aromatic heterocycles. The minimum Gasteiger partial charge on any atom is -0.343 e. The van der Waals surface area contributed by atoms with E-state index in [1.54, 1.807) is 18.0 Å². The molecule has 1 atom stereocenters. The summed E-state index contributed by atoms with van der Waals surface area (Å²) in [6.45, 7) is 7.14. The van der Waals surface area contributed by atoms with Crippen molar-refractivity contribution in [3.8, 4) is 0 Å². The van der Waals surface area contributed by atoms with Crippen LogP contribution in [0, 0.1) is 12.8 Å². The fourth-order valence-electron chi connectivity index (χ4n) is 2.15. The number of hydrogen-bond acceptors (Lipinski definition) is 3. The van der Waals surface area contributed by atoms with Crippen molar-refractivity contribution in [1.29, 1.82) is 0 Å². The van der Waals surface area contributed by atoms with Crippen molar-refractivity contribution >= 4 is 11.8 Å². The van der Waals surface area contributed by atoms with Crippen LogP contribution in [0.3, 0.4) is 0 Å². The van der Waals surface area contributed by atoms with Crippen LogP contribution < -0.4 is 10.6 Å². The van der Waals surface area contributed by atoms with Crippen LogP contribution in [0.25, 0.3) is 0 Å². The van der Waals surface area contributed by atoms with Crippen LogP contribution in [0.4, 0.5) is 0 Å². The minimum atomic E-state index is -0.519. The molecule has 1 rings (SSSR count). The van der Waals surface area contributed by atoms with Gasteiger partial charge in [0.1, 0.15) is 6.04 Å². The Morgan fingerprint density at radius 3 is 2.50 bits per heavy atom. The molecular weight excluding hydrogens is 278 g/mol. The number of aryl methyl sites for hydroxylation is 1. The lowest BCUT2D eigenvalue weighted by atomic mass is 10.0.